The van der Waals surface area contributed by atoms with Crippen molar-refractivity contribution in [3.05, 3.63) is 35.4 Å². The lowest BCUT2D eigenvalue weighted by molar-refractivity contribution is -0.114. The topological polar surface area (TPSA) is 140 Å². The second kappa shape index (κ2) is 17.0. The minimum atomic E-state index is 0.0567. The summed E-state index contributed by atoms with van der Waals surface area (Å²) in [4.78, 5) is 16.6. The van der Waals surface area contributed by atoms with Gasteiger partial charge in [0, 0.05) is 33.3 Å². The fourth-order valence-electron chi connectivity index (χ4n) is 4.88. The van der Waals surface area contributed by atoms with Crippen molar-refractivity contribution in [3.63, 3.8) is 0 Å². The summed E-state index contributed by atoms with van der Waals surface area (Å²) in [6.45, 7) is 3.28. The number of aliphatic hydroxyl groups is 1. The molecule has 0 amide bonds. The molecule has 0 bridgehead atoms. The summed E-state index contributed by atoms with van der Waals surface area (Å²) in [6, 6.07) is 3.88. The largest absolute Gasteiger partial charge is 0.504 e. The molecule has 0 saturated heterocycles. The third-order valence-corrected chi connectivity index (χ3v) is 7.02. The number of hydrogen-bond donors (Lipinski definition) is 4. The molecule has 208 valence electrons. The van der Waals surface area contributed by atoms with Crippen LogP contribution in [0.25, 0.3) is 0 Å². The number of nitrogens with zero attached hydrogens (tertiary/aromatic N) is 1. The molecular formula is C29H47N3O5. The molecule has 0 heterocycles. The maximum Gasteiger partial charge on any atom is 0.185 e. The third-order valence-electron chi connectivity index (χ3n) is 7.02. The number of hydrogen-bond acceptors (Lipinski definition) is 6. The number of ether oxygens (including phenoxy) is 2. The Hall–Kier alpha value is -2.58. The molecule has 0 aliphatic heterocycles. The summed E-state index contributed by atoms with van der Waals surface area (Å²) in [5.41, 5.74) is 12.7. The van der Waals surface area contributed by atoms with Crippen LogP contribution in [0.4, 0.5) is 0 Å². The Balaban J connectivity index is 2.16. The summed E-state index contributed by atoms with van der Waals surface area (Å²) in [5.74, 6) is 1.23. The number of carbonyl (C=O) groups is 1. The first-order valence-corrected chi connectivity index (χ1v) is 13.7. The number of phenolic OH excluding ortho intramolecular Hbond substituents is 1. The molecule has 1 aromatic carbocycles. The first-order chi connectivity index (χ1) is 17.9. The zero-order chi connectivity index (χ0) is 27.0. The number of ketones is 1. The van der Waals surface area contributed by atoms with Crippen LogP contribution < -0.4 is 16.2 Å². The Morgan fingerprint density at radius 1 is 1.24 bits per heavy atom. The lowest BCUT2D eigenvalue weighted by Crippen LogP contribution is -2.23. The van der Waals surface area contributed by atoms with Gasteiger partial charge in [0.25, 0.3) is 0 Å². The van der Waals surface area contributed by atoms with Gasteiger partial charge in [0.2, 0.25) is 0 Å². The van der Waals surface area contributed by atoms with Gasteiger partial charge in [-0.05, 0) is 99.3 Å². The highest BCUT2D eigenvalue weighted by molar-refractivity contribution is 5.89. The number of methoxy groups -OCH3 is 1. The van der Waals surface area contributed by atoms with Gasteiger partial charge in [-0.25, -0.2) is 0 Å². The maximum absolute atomic E-state index is 12.5. The van der Waals surface area contributed by atoms with Crippen LogP contribution in [0.1, 0.15) is 75.8 Å². The molecule has 0 spiro atoms. The van der Waals surface area contributed by atoms with Crippen molar-refractivity contribution in [2.45, 2.75) is 83.7 Å². The standard InChI is InChI=1S/C29H47N3O5/c1-3-21(14-16-33)10-12-25(34)13-11-22-17-24(18-23(20-36-2)7-6-15-32-29(30)31)28(35)27(19-22)37-26-8-4-5-9-26/h10,12,17,19,21,23,26,33,35H,3-9,11,13-16,18,20H2,1-2H3,(H4,30,31,32). The number of carbonyl (C=O) groups excluding carboxylic acids is 1. The van der Waals surface area contributed by atoms with Gasteiger partial charge in [-0.1, -0.05) is 19.1 Å². The predicted molar refractivity (Wildman–Crippen MR) is 148 cm³/mol. The van der Waals surface area contributed by atoms with E-state index in [4.69, 9.17) is 26.0 Å². The molecule has 0 radical (unpaired) electrons. The summed E-state index contributed by atoms with van der Waals surface area (Å²) < 4.78 is 11.7. The number of guanidine groups is 1. The normalized spacial score (nSPS) is 15.6. The molecule has 1 aromatic rings. The Kier molecular flexibility index (Phi) is 14.1. The zero-order valence-corrected chi connectivity index (χ0v) is 22.7. The molecule has 1 aliphatic rings. The van der Waals surface area contributed by atoms with Gasteiger partial charge in [-0.3, -0.25) is 9.79 Å². The van der Waals surface area contributed by atoms with Crippen LogP contribution in [0.3, 0.4) is 0 Å². The summed E-state index contributed by atoms with van der Waals surface area (Å²) >= 11 is 0. The molecule has 6 N–H and O–H groups in total. The highest BCUT2D eigenvalue weighted by Gasteiger charge is 2.21. The van der Waals surface area contributed by atoms with E-state index in [1.165, 1.54) is 0 Å². The molecule has 2 unspecified atom stereocenters. The number of aryl methyl sites for hydroxylation is 1. The van der Waals surface area contributed by atoms with Crippen LogP contribution in [-0.4, -0.2) is 54.9 Å². The van der Waals surface area contributed by atoms with E-state index in [9.17, 15) is 9.90 Å². The van der Waals surface area contributed by atoms with Crippen molar-refractivity contribution < 1.29 is 24.5 Å². The minimum absolute atomic E-state index is 0.0567. The minimum Gasteiger partial charge on any atom is -0.504 e. The predicted octanol–water partition coefficient (Wildman–Crippen LogP) is 4.04. The fraction of sp³-hybridized carbons (Fsp3) is 0.655. The van der Waals surface area contributed by atoms with E-state index in [0.717, 1.165) is 56.1 Å². The Morgan fingerprint density at radius 2 is 2.00 bits per heavy atom. The van der Waals surface area contributed by atoms with Gasteiger partial charge in [-0.15, -0.1) is 0 Å². The van der Waals surface area contributed by atoms with Crippen molar-refractivity contribution in [1.29, 1.82) is 0 Å². The number of aliphatic hydroxyl groups excluding tert-OH is 1. The lowest BCUT2D eigenvalue weighted by atomic mass is 9.92. The SMILES string of the molecule is CCC(C=CC(=O)CCc1cc(CC(CCCN=C(N)N)COC)c(O)c(OC2CCCC2)c1)CCO. The number of nitrogens with two attached hydrogens (primary N) is 2. The maximum atomic E-state index is 12.5. The van der Waals surface area contributed by atoms with Gasteiger partial charge in [0.15, 0.2) is 23.2 Å². The van der Waals surface area contributed by atoms with Crippen LogP contribution in [-0.2, 0) is 22.4 Å². The van der Waals surface area contributed by atoms with E-state index in [0.29, 0.717) is 44.6 Å². The van der Waals surface area contributed by atoms with E-state index in [1.54, 1.807) is 13.2 Å². The van der Waals surface area contributed by atoms with Crippen LogP contribution in [0.5, 0.6) is 11.5 Å². The van der Waals surface area contributed by atoms with Crippen molar-refractivity contribution in [2.75, 3.05) is 26.9 Å². The first-order valence-electron chi connectivity index (χ1n) is 13.7. The van der Waals surface area contributed by atoms with Crippen LogP contribution in [0.15, 0.2) is 29.3 Å². The van der Waals surface area contributed by atoms with E-state index in [2.05, 4.69) is 11.9 Å². The molecule has 2 rings (SSSR count). The van der Waals surface area contributed by atoms with E-state index in [1.807, 2.05) is 18.2 Å². The number of allylic oxidation sites excluding steroid dienone is 2. The number of aromatic hydroxyl groups is 1. The van der Waals surface area contributed by atoms with Crippen molar-refractivity contribution in [2.24, 2.45) is 28.3 Å². The highest BCUT2D eigenvalue weighted by atomic mass is 16.5. The molecule has 2 atom stereocenters. The molecule has 1 saturated carbocycles. The summed E-state index contributed by atoms with van der Waals surface area (Å²) in [5, 5.41) is 20.3. The third kappa shape index (κ3) is 11.6. The van der Waals surface area contributed by atoms with Crippen LogP contribution in [0, 0.1) is 11.8 Å². The monoisotopic (exact) mass is 517 g/mol. The van der Waals surface area contributed by atoms with Gasteiger partial charge >= 0.3 is 0 Å². The number of benzene rings is 1. The van der Waals surface area contributed by atoms with Crippen molar-refractivity contribution in [3.8, 4) is 11.5 Å². The Labute approximate surface area is 222 Å². The molecular weight excluding hydrogens is 470 g/mol. The van der Waals surface area contributed by atoms with E-state index < -0.39 is 0 Å². The first kappa shape index (κ1) is 30.6. The van der Waals surface area contributed by atoms with Crippen molar-refractivity contribution >= 4 is 11.7 Å². The molecule has 37 heavy (non-hydrogen) atoms. The summed E-state index contributed by atoms with van der Waals surface area (Å²) in [6.07, 6.45) is 12.7. The Morgan fingerprint density at radius 3 is 2.65 bits per heavy atom. The molecule has 8 nitrogen and oxygen atoms in total. The van der Waals surface area contributed by atoms with Crippen molar-refractivity contribution in [1.82, 2.24) is 0 Å². The van der Waals surface area contributed by atoms with Gasteiger partial charge in [-0.2, -0.15) is 0 Å². The van der Waals surface area contributed by atoms with Gasteiger partial charge in [0.05, 0.1) is 6.10 Å². The molecule has 8 heteroatoms. The molecule has 1 aliphatic carbocycles. The Bertz CT molecular complexity index is 877. The van der Waals surface area contributed by atoms with Crippen LogP contribution >= 0.6 is 0 Å². The number of phenols is 1. The molecule has 0 aromatic heterocycles. The second-order valence-electron chi connectivity index (χ2n) is 10.1. The molecule has 1 fully saturated rings. The average Bonchev–Trinajstić information content (AvgIpc) is 3.38. The fourth-order valence-corrected chi connectivity index (χ4v) is 4.88. The zero-order valence-electron chi connectivity index (χ0n) is 22.7. The van der Waals surface area contributed by atoms with Crippen LogP contribution in [0.2, 0.25) is 0 Å². The quantitative estimate of drug-likeness (QED) is 0.0997. The van der Waals surface area contributed by atoms with E-state index in [-0.39, 0.29) is 42.0 Å². The lowest BCUT2D eigenvalue weighted by Gasteiger charge is -2.21. The summed E-state index contributed by atoms with van der Waals surface area (Å²) in [7, 11) is 1.68. The smallest absolute Gasteiger partial charge is 0.185 e. The van der Waals surface area contributed by atoms with Gasteiger partial charge in [0.1, 0.15) is 0 Å². The number of rotatable bonds is 18. The number of aliphatic imine (C=N–C) groups is 1. The van der Waals surface area contributed by atoms with Gasteiger partial charge < -0.3 is 31.2 Å². The highest BCUT2D eigenvalue weighted by Crippen LogP contribution is 2.37. The van der Waals surface area contributed by atoms with E-state index >= 15 is 0 Å². The average molecular weight is 518 g/mol. The second-order valence-corrected chi connectivity index (χ2v) is 10.1.